The van der Waals surface area contributed by atoms with Gasteiger partial charge in [0.05, 0.1) is 22.1 Å². The molecule has 220 valence electrons. The van der Waals surface area contributed by atoms with Crippen LogP contribution in [0.5, 0.6) is 0 Å². The van der Waals surface area contributed by atoms with E-state index in [0.717, 1.165) is 49.7 Å². The summed E-state index contributed by atoms with van der Waals surface area (Å²) in [6.45, 7) is 4.00. The van der Waals surface area contributed by atoms with Crippen LogP contribution in [0.2, 0.25) is 0 Å². The normalized spacial score (nSPS) is 11.3. The first-order valence-corrected chi connectivity index (χ1v) is 15.7. The Balaban J connectivity index is 0.00000153. The number of para-hydroxylation sites is 3. The van der Waals surface area contributed by atoms with Gasteiger partial charge in [-0.15, -0.1) is 0 Å². The van der Waals surface area contributed by atoms with Crippen molar-refractivity contribution < 1.29 is 0 Å². The summed E-state index contributed by atoms with van der Waals surface area (Å²) in [5.74, 6) is 1.86. The van der Waals surface area contributed by atoms with Gasteiger partial charge in [0, 0.05) is 38.4 Å². The summed E-state index contributed by atoms with van der Waals surface area (Å²) in [4.78, 5) is 15.3. The van der Waals surface area contributed by atoms with Gasteiger partial charge >= 0.3 is 0 Å². The zero-order chi connectivity index (χ0) is 31.0. The summed E-state index contributed by atoms with van der Waals surface area (Å²) in [5.41, 5.74) is 7.37. The molecule has 0 aliphatic rings. The highest BCUT2D eigenvalue weighted by molar-refractivity contribution is 6.23. The fourth-order valence-electron chi connectivity index (χ4n) is 6.45. The van der Waals surface area contributed by atoms with Gasteiger partial charge in [-0.1, -0.05) is 141 Å². The van der Waals surface area contributed by atoms with Crippen LogP contribution in [0.25, 0.3) is 78.0 Å². The van der Waals surface area contributed by atoms with Crippen LogP contribution in [0, 0.1) is 0 Å². The molecule has 0 atom stereocenters. The van der Waals surface area contributed by atoms with Crippen molar-refractivity contribution >= 4 is 43.6 Å². The molecule has 0 aliphatic carbocycles. The molecule has 0 aliphatic heterocycles. The third-order valence-corrected chi connectivity index (χ3v) is 8.37. The Bertz CT molecular complexity index is 2420. The average Bonchev–Trinajstić information content (AvgIpc) is 3.67. The minimum absolute atomic E-state index is 0.585. The molecule has 9 aromatic rings. The van der Waals surface area contributed by atoms with Crippen LogP contribution in [0.4, 0.5) is 0 Å². The lowest BCUT2D eigenvalue weighted by molar-refractivity contribution is 0.953. The number of hydrogen-bond acceptors (Lipinski definition) is 3. The highest BCUT2D eigenvalue weighted by atomic mass is 15.2. The summed E-state index contributed by atoms with van der Waals surface area (Å²) >= 11 is 0. The van der Waals surface area contributed by atoms with Crippen LogP contribution in [-0.4, -0.2) is 24.1 Å². The maximum Gasteiger partial charge on any atom is 0.238 e. The molecule has 0 amide bonds. The van der Waals surface area contributed by atoms with Crippen molar-refractivity contribution in [3.63, 3.8) is 0 Å². The van der Waals surface area contributed by atoms with Gasteiger partial charge in [-0.05, 0) is 24.3 Å². The van der Waals surface area contributed by atoms with E-state index in [4.69, 9.17) is 15.0 Å². The Morgan fingerprint density at radius 2 is 0.783 bits per heavy atom. The highest BCUT2D eigenvalue weighted by Crippen LogP contribution is 2.41. The predicted molar refractivity (Wildman–Crippen MR) is 191 cm³/mol. The first-order valence-electron chi connectivity index (χ1n) is 15.7. The van der Waals surface area contributed by atoms with Gasteiger partial charge in [0.15, 0.2) is 11.6 Å². The lowest BCUT2D eigenvalue weighted by atomic mass is 10.1. The van der Waals surface area contributed by atoms with Crippen LogP contribution in [0.1, 0.15) is 13.8 Å². The SMILES string of the molecule is CC.c1ccc(-c2nc(-c3ccccc3)nc(-n3c4ccccc4c4ccc5c6ccccc6n(-c6ccccc6)c5c43)n2)cc1. The minimum atomic E-state index is 0.585. The molecule has 6 aromatic carbocycles. The summed E-state index contributed by atoms with van der Waals surface area (Å²) in [6, 6.07) is 52.5. The molecular weight excluding hydrogens is 562 g/mol. The molecule has 0 unspecified atom stereocenters. The molecule has 3 heterocycles. The maximum atomic E-state index is 5.17. The van der Waals surface area contributed by atoms with Gasteiger partial charge in [0.25, 0.3) is 0 Å². The number of benzene rings is 6. The summed E-state index contributed by atoms with van der Waals surface area (Å²) in [7, 11) is 0. The van der Waals surface area contributed by atoms with Crippen molar-refractivity contribution in [2.24, 2.45) is 0 Å². The van der Waals surface area contributed by atoms with E-state index < -0.39 is 0 Å². The predicted octanol–water partition coefficient (Wildman–Crippen LogP) is 10.4. The van der Waals surface area contributed by atoms with Crippen molar-refractivity contribution in [2.45, 2.75) is 13.8 Å². The summed E-state index contributed by atoms with van der Waals surface area (Å²) < 4.78 is 4.60. The fraction of sp³-hybridized carbons (Fsp3) is 0.0488. The summed E-state index contributed by atoms with van der Waals surface area (Å²) in [5, 5.41) is 4.69. The standard InChI is InChI=1S/C39H25N5.C2H6/c1-4-14-26(15-5-1)37-40-38(27-16-6-2-7-17-27)42-39(41-37)44-34-23-13-11-21-30(34)32-25-24-31-29-20-10-12-22-33(29)43(35(31)36(32)44)28-18-8-3-9-19-28;1-2/h1-25H;1-2H3. The minimum Gasteiger partial charge on any atom is -0.307 e. The first-order chi connectivity index (χ1) is 22.8. The van der Waals surface area contributed by atoms with E-state index >= 15 is 0 Å². The Morgan fingerprint density at radius 3 is 1.30 bits per heavy atom. The van der Waals surface area contributed by atoms with Crippen molar-refractivity contribution in [3.8, 4) is 34.4 Å². The molecule has 0 N–H and O–H groups in total. The van der Waals surface area contributed by atoms with Gasteiger partial charge in [-0.3, -0.25) is 4.57 Å². The zero-order valence-corrected chi connectivity index (χ0v) is 25.7. The third-order valence-electron chi connectivity index (χ3n) is 8.37. The van der Waals surface area contributed by atoms with Crippen LogP contribution in [0.15, 0.2) is 152 Å². The zero-order valence-electron chi connectivity index (χ0n) is 25.7. The average molecular weight is 594 g/mol. The van der Waals surface area contributed by atoms with Crippen molar-refractivity contribution in [1.29, 1.82) is 0 Å². The van der Waals surface area contributed by atoms with E-state index in [9.17, 15) is 0 Å². The lowest BCUT2D eigenvalue weighted by Gasteiger charge is -2.13. The van der Waals surface area contributed by atoms with Crippen molar-refractivity contribution in [1.82, 2.24) is 24.1 Å². The topological polar surface area (TPSA) is 48.5 Å². The molecule has 0 saturated carbocycles. The molecule has 9 rings (SSSR count). The molecule has 5 heteroatoms. The molecule has 0 radical (unpaired) electrons. The largest absolute Gasteiger partial charge is 0.307 e. The second-order valence-electron chi connectivity index (χ2n) is 10.9. The van der Waals surface area contributed by atoms with E-state index in [1.54, 1.807) is 0 Å². The van der Waals surface area contributed by atoms with E-state index in [0.29, 0.717) is 17.6 Å². The quantitative estimate of drug-likeness (QED) is 0.204. The molecule has 0 saturated heterocycles. The van der Waals surface area contributed by atoms with E-state index in [1.807, 2.05) is 74.5 Å². The number of rotatable bonds is 4. The molecule has 5 nitrogen and oxygen atoms in total. The smallest absolute Gasteiger partial charge is 0.238 e. The molecule has 46 heavy (non-hydrogen) atoms. The van der Waals surface area contributed by atoms with Gasteiger partial charge < -0.3 is 4.57 Å². The molecule has 3 aromatic heterocycles. The van der Waals surface area contributed by atoms with Gasteiger partial charge in [0.2, 0.25) is 5.95 Å². The Kier molecular flexibility index (Phi) is 6.84. The van der Waals surface area contributed by atoms with Crippen molar-refractivity contribution in [3.05, 3.63) is 152 Å². The molecular formula is C41H31N5. The van der Waals surface area contributed by atoms with Gasteiger partial charge in [0.1, 0.15) is 0 Å². The molecule has 0 fully saturated rings. The Morgan fingerprint density at radius 1 is 0.370 bits per heavy atom. The second kappa shape index (κ2) is 11.5. The maximum absolute atomic E-state index is 5.17. The van der Waals surface area contributed by atoms with Crippen LogP contribution < -0.4 is 0 Å². The monoisotopic (exact) mass is 593 g/mol. The Labute approximate surface area is 267 Å². The third kappa shape index (κ3) is 4.36. The van der Waals surface area contributed by atoms with Crippen molar-refractivity contribution in [2.75, 3.05) is 0 Å². The van der Waals surface area contributed by atoms with E-state index in [2.05, 4.69) is 100 Å². The van der Waals surface area contributed by atoms with E-state index in [-0.39, 0.29) is 0 Å². The molecule has 0 spiro atoms. The number of aromatic nitrogens is 5. The van der Waals surface area contributed by atoms with Gasteiger partial charge in [-0.2, -0.15) is 9.97 Å². The van der Waals surface area contributed by atoms with Crippen LogP contribution in [0.3, 0.4) is 0 Å². The van der Waals surface area contributed by atoms with Gasteiger partial charge in [-0.25, -0.2) is 4.98 Å². The lowest BCUT2D eigenvalue weighted by Crippen LogP contribution is -2.07. The number of nitrogens with zero attached hydrogens (tertiary/aromatic N) is 5. The fourth-order valence-corrected chi connectivity index (χ4v) is 6.45. The van der Waals surface area contributed by atoms with Crippen LogP contribution >= 0.6 is 0 Å². The molecule has 0 bridgehead atoms. The number of fused-ring (bicyclic) bond motifs is 7. The second-order valence-corrected chi connectivity index (χ2v) is 10.9. The van der Waals surface area contributed by atoms with Crippen LogP contribution in [-0.2, 0) is 0 Å². The highest BCUT2D eigenvalue weighted by Gasteiger charge is 2.23. The first kappa shape index (κ1) is 27.5. The van der Waals surface area contributed by atoms with E-state index in [1.165, 1.54) is 10.8 Å². The summed E-state index contributed by atoms with van der Waals surface area (Å²) in [6.07, 6.45) is 0. The number of hydrogen-bond donors (Lipinski definition) is 0. The Hall–Kier alpha value is -6.07.